The first-order chi connectivity index (χ1) is 10.6. The van der Waals surface area contributed by atoms with Crippen LogP contribution in [0.1, 0.15) is 23.2 Å². The summed E-state index contributed by atoms with van der Waals surface area (Å²) in [5.74, 6) is 0.0322. The number of hydrogen-bond acceptors (Lipinski definition) is 3. The van der Waals surface area contributed by atoms with Gasteiger partial charge in [0.05, 0.1) is 4.92 Å². The highest BCUT2D eigenvalue weighted by atomic mass is 16.6. The van der Waals surface area contributed by atoms with E-state index in [-0.39, 0.29) is 11.6 Å². The fourth-order valence-corrected chi connectivity index (χ4v) is 2.73. The van der Waals surface area contributed by atoms with Gasteiger partial charge < -0.3 is 4.90 Å². The Labute approximate surface area is 128 Å². The zero-order chi connectivity index (χ0) is 15.5. The predicted molar refractivity (Wildman–Crippen MR) is 83.7 cm³/mol. The van der Waals surface area contributed by atoms with Gasteiger partial charge in [0.2, 0.25) is 0 Å². The van der Waals surface area contributed by atoms with Gasteiger partial charge in [-0.05, 0) is 36.1 Å². The van der Waals surface area contributed by atoms with Crippen LogP contribution in [0.25, 0.3) is 11.1 Å². The zero-order valence-electron chi connectivity index (χ0n) is 12.1. The maximum atomic E-state index is 12.4. The molecule has 1 aliphatic rings. The highest BCUT2D eigenvalue weighted by Gasteiger charge is 2.19. The molecule has 1 aliphatic heterocycles. The van der Waals surface area contributed by atoms with E-state index in [1.165, 1.54) is 12.1 Å². The number of nitro benzene ring substituents is 1. The number of nitrogens with zero attached hydrogens (tertiary/aromatic N) is 2. The van der Waals surface area contributed by atoms with Crippen LogP contribution in [0, 0.1) is 10.1 Å². The first kappa shape index (κ1) is 14.3. The van der Waals surface area contributed by atoms with Gasteiger partial charge in [0.25, 0.3) is 11.6 Å². The maximum Gasteiger partial charge on any atom is 0.270 e. The Bertz CT molecular complexity index is 721. The van der Waals surface area contributed by atoms with Crippen LogP contribution >= 0.6 is 0 Å². The average molecular weight is 296 g/mol. The van der Waals surface area contributed by atoms with Gasteiger partial charge in [-0.25, -0.2) is 0 Å². The number of benzene rings is 2. The predicted octanol–water partition coefficient (Wildman–Crippen LogP) is 3.50. The lowest BCUT2D eigenvalue weighted by molar-refractivity contribution is -0.384. The van der Waals surface area contributed by atoms with Gasteiger partial charge in [-0.2, -0.15) is 0 Å². The first-order valence-electron chi connectivity index (χ1n) is 7.29. The van der Waals surface area contributed by atoms with E-state index in [1.807, 2.05) is 23.1 Å². The summed E-state index contributed by atoms with van der Waals surface area (Å²) in [5.41, 5.74) is 2.23. The Morgan fingerprint density at radius 1 is 1.00 bits per heavy atom. The van der Waals surface area contributed by atoms with Crippen molar-refractivity contribution >= 4 is 11.6 Å². The van der Waals surface area contributed by atoms with Crippen molar-refractivity contribution in [3.8, 4) is 11.1 Å². The van der Waals surface area contributed by atoms with Crippen molar-refractivity contribution in [2.45, 2.75) is 12.8 Å². The molecule has 0 radical (unpaired) electrons. The fourth-order valence-electron chi connectivity index (χ4n) is 2.73. The van der Waals surface area contributed by atoms with Crippen LogP contribution in [0.5, 0.6) is 0 Å². The van der Waals surface area contributed by atoms with Gasteiger partial charge in [-0.15, -0.1) is 0 Å². The van der Waals surface area contributed by atoms with Crippen LogP contribution < -0.4 is 0 Å². The molecule has 1 amide bonds. The molecule has 0 bridgehead atoms. The van der Waals surface area contributed by atoms with Crippen molar-refractivity contribution in [1.29, 1.82) is 0 Å². The molecular formula is C17H16N2O3. The lowest BCUT2D eigenvalue weighted by Crippen LogP contribution is -2.27. The summed E-state index contributed by atoms with van der Waals surface area (Å²) in [6.45, 7) is 1.61. The summed E-state index contributed by atoms with van der Waals surface area (Å²) in [7, 11) is 0. The minimum absolute atomic E-state index is 0.0322. The Balaban J connectivity index is 1.92. The van der Waals surface area contributed by atoms with Crippen molar-refractivity contribution in [2.75, 3.05) is 13.1 Å². The lowest BCUT2D eigenvalue weighted by Gasteiger charge is -2.15. The zero-order valence-corrected chi connectivity index (χ0v) is 12.1. The minimum Gasteiger partial charge on any atom is -0.339 e. The fraction of sp³-hybridized carbons (Fsp3) is 0.235. The topological polar surface area (TPSA) is 63.4 Å². The van der Waals surface area contributed by atoms with Crippen LogP contribution in [0.4, 0.5) is 5.69 Å². The van der Waals surface area contributed by atoms with E-state index in [9.17, 15) is 14.9 Å². The second kappa shape index (κ2) is 5.97. The van der Waals surface area contributed by atoms with Crippen LogP contribution in [-0.4, -0.2) is 28.8 Å². The Kier molecular flexibility index (Phi) is 3.87. The molecule has 0 unspecified atom stereocenters. The second-order valence-corrected chi connectivity index (χ2v) is 5.39. The normalized spacial score (nSPS) is 14.1. The van der Waals surface area contributed by atoms with Crippen molar-refractivity contribution in [3.63, 3.8) is 0 Å². The quantitative estimate of drug-likeness (QED) is 0.643. The van der Waals surface area contributed by atoms with Crippen LogP contribution in [0.3, 0.4) is 0 Å². The number of likely N-dealkylation sites (tertiary alicyclic amines) is 1. The molecule has 3 rings (SSSR count). The van der Waals surface area contributed by atoms with Gasteiger partial charge in [0.15, 0.2) is 0 Å². The summed E-state index contributed by atoms with van der Waals surface area (Å²) in [6.07, 6.45) is 2.10. The molecule has 112 valence electrons. The molecule has 0 aliphatic carbocycles. The summed E-state index contributed by atoms with van der Waals surface area (Å²) >= 11 is 0. The minimum atomic E-state index is -0.414. The molecule has 2 aromatic rings. The number of carbonyl (C=O) groups excluding carboxylic acids is 1. The van der Waals surface area contributed by atoms with Gasteiger partial charge in [0.1, 0.15) is 0 Å². The molecule has 1 saturated heterocycles. The van der Waals surface area contributed by atoms with E-state index in [1.54, 1.807) is 18.2 Å². The van der Waals surface area contributed by atoms with Gasteiger partial charge in [-0.1, -0.05) is 24.3 Å². The van der Waals surface area contributed by atoms with Crippen molar-refractivity contribution in [1.82, 2.24) is 4.90 Å². The standard InChI is InChI=1S/C17H16N2O3/c20-17(18-9-1-2-10-18)15-7-3-5-13(11-15)14-6-4-8-16(12-14)19(21)22/h3-8,11-12H,1-2,9-10H2. The maximum absolute atomic E-state index is 12.4. The van der Waals surface area contributed by atoms with E-state index in [4.69, 9.17) is 0 Å². The molecule has 0 saturated carbocycles. The third kappa shape index (κ3) is 2.83. The van der Waals surface area contributed by atoms with Gasteiger partial charge in [0, 0.05) is 30.8 Å². The third-order valence-corrected chi connectivity index (χ3v) is 3.89. The molecule has 1 heterocycles. The molecule has 22 heavy (non-hydrogen) atoms. The monoisotopic (exact) mass is 296 g/mol. The Hall–Kier alpha value is -2.69. The largest absolute Gasteiger partial charge is 0.339 e. The van der Waals surface area contributed by atoms with Crippen LogP contribution in [0.2, 0.25) is 0 Å². The average Bonchev–Trinajstić information content (AvgIpc) is 3.09. The van der Waals surface area contributed by atoms with Gasteiger partial charge >= 0.3 is 0 Å². The molecule has 5 nitrogen and oxygen atoms in total. The van der Waals surface area contributed by atoms with E-state index in [2.05, 4.69) is 0 Å². The van der Waals surface area contributed by atoms with E-state index in [0.29, 0.717) is 5.56 Å². The molecule has 0 spiro atoms. The molecule has 0 atom stereocenters. The summed E-state index contributed by atoms with van der Waals surface area (Å²) in [4.78, 5) is 24.7. The molecular weight excluding hydrogens is 280 g/mol. The number of carbonyl (C=O) groups is 1. The Morgan fingerprint density at radius 3 is 2.32 bits per heavy atom. The first-order valence-corrected chi connectivity index (χ1v) is 7.29. The SMILES string of the molecule is O=C(c1cccc(-c2cccc([N+](=O)[O-])c2)c1)N1CCCC1. The van der Waals surface area contributed by atoms with Crippen molar-refractivity contribution in [3.05, 3.63) is 64.2 Å². The number of nitro groups is 1. The smallest absolute Gasteiger partial charge is 0.270 e. The van der Waals surface area contributed by atoms with E-state index in [0.717, 1.165) is 37.1 Å². The molecule has 1 fully saturated rings. The molecule has 5 heteroatoms. The highest BCUT2D eigenvalue weighted by Crippen LogP contribution is 2.25. The summed E-state index contributed by atoms with van der Waals surface area (Å²) < 4.78 is 0. The Morgan fingerprint density at radius 2 is 1.64 bits per heavy atom. The molecule has 0 aromatic heterocycles. The number of hydrogen-bond donors (Lipinski definition) is 0. The van der Waals surface area contributed by atoms with Crippen LogP contribution in [-0.2, 0) is 0 Å². The summed E-state index contributed by atoms with van der Waals surface area (Å²) in [5, 5.41) is 10.9. The van der Waals surface area contributed by atoms with Crippen molar-refractivity contribution in [2.24, 2.45) is 0 Å². The second-order valence-electron chi connectivity index (χ2n) is 5.39. The van der Waals surface area contributed by atoms with Crippen LogP contribution in [0.15, 0.2) is 48.5 Å². The van der Waals surface area contributed by atoms with E-state index >= 15 is 0 Å². The third-order valence-electron chi connectivity index (χ3n) is 3.89. The number of non-ortho nitro benzene ring substituents is 1. The number of rotatable bonds is 3. The summed E-state index contributed by atoms with van der Waals surface area (Å²) in [6, 6.07) is 13.7. The molecule has 0 N–H and O–H groups in total. The lowest BCUT2D eigenvalue weighted by atomic mass is 10.0. The van der Waals surface area contributed by atoms with E-state index < -0.39 is 4.92 Å². The number of amides is 1. The van der Waals surface area contributed by atoms with Gasteiger partial charge in [-0.3, -0.25) is 14.9 Å². The highest BCUT2D eigenvalue weighted by molar-refractivity contribution is 5.95. The molecule has 2 aromatic carbocycles. The van der Waals surface area contributed by atoms with Crippen molar-refractivity contribution < 1.29 is 9.72 Å².